The summed E-state index contributed by atoms with van der Waals surface area (Å²) >= 11 is 0. The van der Waals surface area contributed by atoms with E-state index in [9.17, 15) is 4.79 Å². The molecule has 1 heterocycles. The van der Waals surface area contributed by atoms with Crippen molar-refractivity contribution in [3.8, 4) is 0 Å². The molecule has 0 spiro atoms. The first-order chi connectivity index (χ1) is 9.19. The van der Waals surface area contributed by atoms with Crippen molar-refractivity contribution in [2.45, 2.75) is 33.1 Å². The number of para-hydroxylation sites is 1. The Morgan fingerprint density at radius 1 is 1.32 bits per heavy atom. The van der Waals surface area contributed by atoms with E-state index in [1.54, 1.807) is 6.92 Å². The monoisotopic (exact) mass is 259 g/mol. The molecule has 0 aliphatic rings. The van der Waals surface area contributed by atoms with Crippen molar-refractivity contribution in [1.82, 2.24) is 10.2 Å². The van der Waals surface area contributed by atoms with Gasteiger partial charge in [0.2, 0.25) is 17.7 Å². The fourth-order valence-electron chi connectivity index (χ4n) is 1.82. The van der Waals surface area contributed by atoms with Crippen LogP contribution in [0.5, 0.6) is 0 Å². The highest BCUT2D eigenvalue weighted by atomic mass is 16.4. The Balaban J connectivity index is 1.90. The highest BCUT2D eigenvalue weighted by Crippen LogP contribution is 2.15. The summed E-state index contributed by atoms with van der Waals surface area (Å²) in [6.07, 6.45) is 1.68. The van der Waals surface area contributed by atoms with Gasteiger partial charge in [0, 0.05) is 25.5 Å². The van der Waals surface area contributed by atoms with E-state index in [-0.39, 0.29) is 5.91 Å². The zero-order valence-corrected chi connectivity index (χ0v) is 11.1. The van der Waals surface area contributed by atoms with Crippen LogP contribution in [-0.4, -0.2) is 16.1 Å². The topological polar surface area (TPSA) is 68.0 Å². The SMILES string of the molecule is CCc1ccccc1NC(=O)CCc1nnc(C)o1. The standard InChI is InChI=1S/C14H17N3O2/c1-3-11-6-4-5-7-12(11)15-13(18)8-9-14-17-16-10(2)19-14/h4-7H,3,8-9H2,1-2H3,(H,15,18). The van der Waals surface area contributed by atoms with Gasteiger partial charge in [-0.25, -0.2) is 0 Å². The summed E-state index contributed by atoms with van der Waals surface area (Å²) in [6.45, 7) is 3.79. The van der Waals surface area contributed by atoms with E-state index in [0.717, 1.165) is 17.7 Å². The molecule has 100 valence electrons. The molecule has 0 unspecified atom stereocenters. The average molecular weight is 259 g/mol. The van der Waals surface area contributed by atoms with Gasteiger partial charge >= 0.3 is 0 Å². The van der Waals surface area contributed by atoms with Crippen molar-refractivity contribution >= 4 is 11.6 Å². The number of carbonyl (C=O) groups excluding carboxylic acids is 1. The molecule has 0 radical (unpaired) electrons. The number of nitrogens with one attached hydrogen (secondary N) is 1. The lowest BCUT2D eigenvalue weighted by Crippen LogP contribution is -2.13. The van der Waals surface area contributed by atoms with E-state index in [1.165, 1.54) is 0 Å². The summed E-state index contributed by atoms with van der Waals surface area (Å²) < 4.78 is 5.23. The fourth-order valence-corrected chi connectivity index (χ4v) is 1.82. The quantitative estimate of drug-likeness (QED) is 0.895. The van der Waals surface area contributed by atoms with E-state index in [0.29, 0.717) is 24.6 Å². The number of hydrogen-bond acceptors (Lipinski definition) is 4. The van der Waals surface area contributed by atoms with Crippen LogP contribution in [0.1, 0.15) is 30.7 Å². The Morgan fingerprint density at radius 2 is 2.11 bits per heavy atom. The molecule has 1 aromatic heterocycles. The number of carbonyl (C=O) groups is 1. The summed E-state index contributed by atoms with van der Waals surface area (Å²) in [5, 5.41) is 10.5. The first-order valence-corrected chi connectivity index (χ1v) is 6.35. The highest BCUT2D eigenvalue weighted by molar-refractivity contribution is 5.91. The fraction of sp³-hybridized carbons (Fsp3) is 0.357. The molecule has 1 amide bonds. The van der Waals surface area contributed by atoms with Crippen LogP contribution in [0.2, 0.25) is 0 Å². The normalized spacial score (nSPS) is 10.4. The minimum atomic E-state index is -0.0447. The number of aryl methyl sites for hydroxylation is 3. The second kappa shape index (κ2) is 6.13. The first-order valence-electron chi connectivity index (χ1n) is 6.35. The summed E-state index contributed by atoms with van der Waals surface area (Å²) in [6, 6.07) is 7.80. The molecule has 1 aromatic carbocycles. The Hall–Kier alpha value is -2.17. The molecule has 0 fully saturated rings. The summed E-state index contributed by atoms with van der Waals surface area (Å²) in [7, 11) is 0. The molecule has 2 rings (SSSR count). The molecule has 5 heteroatoms. The summed E-state index contributed by atoms with van der Waals surface area (Å²) in [4.78, 5) is 11.9. The maximum Gasteiger partial charge on any atom is 0.224 e. The second-order valence-electron chi connectivity index (χ2n) is 4.27. The maximum absolute atomic E-state index is 11.9. The Labute approximate surface area is 112 Å². The van der Waals surface area contributed by atoms with Gasteiger partial charge in [-0.05, 0) is 18.1 Å². The van der Waals surface area contributed by atoms with Crippen LogP contribution in [0.4, 0.5) is 5.69 Å². The Morgan fingerprint density at radius 3 is 2.79 bits per heavy atom. The molecular weight excluding hydrogens is 242 g/mol. The van der Waals surface area contributed by atoms with Crippen molar-refractivity contribution in [2.24, 2.45) is 0 Å². The summed E-state index contributed by atoms with van der Waals surface area (Å²) in [5.74, 6) is 0.972. The smallest absolute Gasteiger partial charge is 0.224 e. The van der Waals surface area contributed by atoms with Crippen LogP contribution in [0, 0.1) is 6.92 Å². The lowest BCUT2D eigenvalue weighted by atomic mass is 10.1. The number of aromatic nitrogens is 2. The molecule has 0 aliphatic carbocycles. The van der Waals surface area contributed by atoms with Gasteiger partial charge in [-0.1, -0.05) is 25.1 Å². The van der Waals surface area contributed by atoms with Gasteiger partial charge in [0.15, 0.2) is 0 Å². The molecular formula is C14H17N3O2. The van der Waals surface area contributed by atoms with Gasteiger partial charge in [-0.15, -0.1) is 10.2 Å². The zero-order valence-electron chi connectivity index (χ0n) is 11.1. The number of rotatable bonds is 5. The maximum atomic E-state index is 11.9. The van der Waals surface area contributed by atoms with E-state index in [4.69, 9.17) is 4.42 Å². The highest BCUT2D eigenvalue weighted by Gasteiger charge is 2.08. The predicted molar refractivity (Wildman–Crippen MR) is 71.8 cm³/mol. The lowest BCUT2D eigenvalue weighted by Gasteiger charge is -2.08. The molecule has 0 saturated carbocycles. The van der Waals surface area contributed by atoms with Crippen LogP contribution < -0.4 is 5.32 Å². The molecule has 0 aliphatic heterocycles. The van der Waals surface area contributed by atoms with Gasteiger partial charge in [-0.2, -0.15) is 0 Å². The molecule has 0 saturated heterocycles. The number of nitrogens with zero attached hydrogens (tertiary/aromatic N) is 2. The first kappa shape index (κ1) is 13.3. The zero-order chi connectivity index (χ0) is 13.7. The minimum Gasteiger partial charge on any atom is -0.426 e. The molecule has 1 N–H and O–H groups in total. The number of anilines is 1. The largest absolute Gasteiger partial charge is 0.426 e. The van der Waals surface area contributed by atoms with E-state index >= 15 is 0 Å². The van der Waals surface area contributed by atoms with Crippen molar-refractivity contribution in [2.75, 3.05) is 5.32 Å². The van der Waals surface area contributed by atoms with Crippen molar-refractivity contribution in [3.05, 3.63) is 41.6 Å². The van der Waals surface area contributed by atoms with Crippen molar-refractivity contribution in [1.29, 1.82) is 0 Å². The van der Waals surface area contributed by atoms with Crippen molar-refractivity contribution < 1.29 is 9.21 Å². The van der Waals surface area contributed by atoms with Crippen LogP contribution >= 0.6 is 0 Å². The van der Waals surface area contributed by atoms with Crippen molar-refractivity contribution in [3.63, 3.8) is 0 Å². The molecule has 19 heavy (non-hydrogen) atoms. The van der Waals surface area contributed by atoms with Crippen LogP contribution in [0.3, 0.4) is 0 Å². The van der Waals surface area contributed by atoms with Gasteiger partial charge in [-0.3, -0.25) is 4.79 Å². The van der Waals surface area contributed by atoms with E-state index in [2.05, 4.69) is 22.4 Å². The molecule has 5 nitrogen and oxygen atoms in total. The third-order valence-corrected chi connectivity index (χ3v) is 2.81. The number of amides is 1. The molecule has 0 atom stereocenters. The second-order valence-corrected chi connectivity index (χ2v) is 4.27. The van der Waals surface area contributed by atoms with Gasteiger partial charge in [0.05, 0.1) is 0 Å². The molecule has 0 bridgehead atoms. The van der Waals surface area contributed by atoms with Gasteiger partial charge in [0.1, 0.15) is 0 Å². The molecule has 2 aromatic rings. The predicted octanol–water partition coefficient (Wildman–Crippen LogP) is 2.51. The third-order valence-electron chi connectivity index (χ3n) is 2.81. The van der Waals surface area contributed by atoms with E-state index < -0.39 is 0 Å². The van der Waals surface area contributed by atoms with Gasteiger partial charge < -0.3 is 9.73 Å². The van der Waals surface area contributed by atoms with Crippen LogP contribution in [0.25, 0.3) is 0 Å². The van der Waals surface area contributed by atoms with Crippen LogP contribution in [0.15, 0.2) is 28.7 Å². The minimum absolute atomic E-state index is 0.0447. The average Bonchev–Trinajstić information content (AvgIpc) is 2.83. The number of benzene rings is 1. The van der Waals surface area contributed by atoms with Gasteiger partial charge in [0.25, 0.3) is 0 Å². The lowest BCUT2D eigenvalue weighted by molar-refractivity contribution is -0.116. The Kier molecular flexibility index (Phi) is 4.28. The van der Waals surface area contributed by atoms with E-state index in [1.807, 2.05) is 24.3 Å². The number of hydrogen-bond donors (Lipinski definition) is 1. The van der Waals surface area contributed by atoms with Crippen LogP contribution in [-0.2, 0) is 17.6 Å². The summed E-state index contributed by atoms with van der Waals surface area (Å²) in [5.41, 5.74) is 2.00. The third kappa shape index (κ3) is 3.64. The Bertz CT molecular complexity index is 563.